The lowest BCUT2D eigenvalue weighted by Crippen LogP contribution is -2.49. The first kappa shape index (κ1) is 19.0. The molecular formula is C19H26N2O4. The minimum Gasteiger partial charge on any atom is -0.478 e. The van der Waals surface area contributed by atoms with E-state index >= 15 is 0 Å². The Bertz CT molecular complexity index is 612. The summed E-state index contributed by atoms with van der Waals surface area (Å²) >= 11 is 0. The monoisotopic (exact) mass is 346 g/mol. The van der Waals surface area contributed by atoms with Crippen LogP contribution in [0, 0.1) is 0 Å². The predicted octanol–water partition coefficient (Wildman–Crippen LogP) is 2.22. The molecule has 2 rings (SSSR count). The summed E-state index contributed by atoms with van der Waals surface area (Å²) < 4.78 is 0. The van der Waals surface area contributed by atoms with Crippen molar-refractivity contribution in [2.75, 3.05) is 13.1 Å². The average molecular weight is 346 g/mol. The summed E-state index contributed by atoms with van der Waals surface area (Å²) in [5.41, 5.74) is 1.19. The van der Waals surface area contributed by atoms with E-state index < -0.39 is 5.97 Å². The van der Waals surface area contributed by atoms with Gasteiger partial charge in [-0.25, -0.2) is 4.79 Å². The van der Waals surface area contributed by atoms with Crippen LogP contribution in [-0.2, 0) is 16.0 Å². The first-order valence-corrected chi connectivity index (χ1v) is 8.89. The molecule has 1 fully saturated rings. The summed E-state index contributed by atoms with van der Waals surface area (Å²) in [5, 5.41) is 11.9. The van der Waals surface area contributed by atoms with Gasteiger partial charge in [-0.05, 0) is 43.4 Å². The summed E-state index contributed by atoms with van der Waals surface area (Å²) in [6.45, 7) is 3.28. The minimum atomic E-state index is -0.952. The van der Waals surface area contributed by atoms with Gasteiger partial charge in [0.15, 0.2) is 0 Å². The molecule has 25 heavy (non-hydrogen) atoms. The maximum absolute atomic E-state index is 12.4. The Morgan fingerprint density at radius 2 is 1.92 bits per heavy atom. The lowest BCUT2D eigenvalue weighted by atomic mass is 10.0. The second kappa shape index (κ2) is 9.20. The fraction of sp³-hybridized carbons (Fsp3) is 0.526. The van der Waals surface area contributed by atoms with Crippen LogP contribution in [0.5, 0.6) is 0 Å². The molecular weight excluding hydrogens is 320 g/mol. The molecule has 0 bridgehead atoms. The molecule has 0 spiro atoms. The lowest BCUT2D eigenvalue weighted by Gasteiger charge is -2.33. The number of hydrogen-bond acceptors (Lipinski definition) is 3. The van der Waals surface area contributed by atoms with Crippen molar-refractivity contribution in [1.82, 2.24) is 10.2 Å². The van der Waals surface area contributed by atoms with Crippen molar-refractivity contribution in [3.05, 3.63) is 35.4 Å². The molecule has 1 aliphatic heterocycles. The van der Waals surface area contributed by atoms with E-state index in [0.29, 0.717) is 25.8 Å². The van der Waals surface area contributed by atoms with Crippen molar-refractivity contribution in [2.45, 2.75) is 51.5 Å². The zero-order valence-electron chi connectivity index (χ0n) is 14.7. The fourth-order valence-electron chi connectivity index (χ4n) is 3.07. The standard InChI is InChI=1S/C19H26N2O4/c1-2-4-17(22)20-16-5-3-12-21(13-16)18(23)11-8-14-6-9-15(10-7-14)19(24)25/h6-7,9-10,16H,2-5,8,11-13H2,1H3,(H,20,22)(H,24,25). The van der Waals surface area contributed by atoms with E-state index in [2.05, 4.69) is 5.32 Å². The van der Waals surface area contributed by atoms with Crippen molar-refractivity contribution in [2.24, 2.45) is 0 Å². The molecule has 0 aromatic heterocycles. The van der Waals surface area contributed by atoms with Gasteiger partial charge >= 0.3 is 5.97 Å². The molecule has 6 heteroatoms. The number of carboxylic acid groups (broad SMARTS) is 1. The van der Waals surface area contributed by atoms with Crippen molar-refractivity contribution in [1.29, 1.82) is 0 Å². The number of nitrogens with one attached hydrogen (secondary N) is 1. The van der Waals surface area contributed by atoms with Gasteiger partial charge in [-0.3, -0.25) is 9.59 Å². The Labute approximate surface area is 148 Å². The molecule has 1 aromatic rings. The number of amides is 2. The Balaban J connectivity index is 1.81. The van der Waals surface area contributed by atoms with Gasteiger partial charge in [-0.2, -0.15) is 0 Å². The van der Waals surface area contributed by atoms with E-state index in [4.69, 9.17) is 5.11 Å². The van der Waals surface area contributed by atoms with Crippen LogP contribution < -0.4 is 5.32 Å². The third-order valence-corrected chi connectivity index (χ3v) is 4.44. The zero-order chi connectivity index (χ0) is 18.2. The quantitative estimate of drug-likeness (QED) is 0.792. The predicted molar refractivity (Wildman–Crippen MR) is 94.4 cm³/mol. The second-order valence-corrected chi connectivity index (χ2v) is 6.50. The van der Waals surface area contributed by atoms with Gasteiger partial charge < -0.3 is 15.3 Å². The van der Waals surface area contributed by atoms with Crippen molar-refractivity contribution in [3.63, 3.8) is 0 Å². The van der Waals surface area contributed by atoms with E-state index in [1.807, 2.05) is 11.8 Å². The van der Waals surface area contributed by atoms with E-state index in [9.17, 15) is 14.4 Å². The van der Waals surface area contributed by atoms with Crippen LogP contribution in [0.3, 0.4) is 0 Å². The fourth-order valence-corrected chi connectivity index (χ4v) is 3.07. The molecule has 1 saturated heterocycles. The molecule has 136 valence electrons. The van der Waals surface area contributed by atoms with Gasteiger partial charge in [0.2, 0.25) is 11.8 Å². The maximum Gasteiger partial charge on any atom is 0.335 e. The average Bonchev–Trinajstić information content (AvgIpc) is 2.60. The van der Waals surface area contributed by atoms with E-state index in [-0.39, 0.29) is 23.4 Å². The molecule has 1 aromatic carbocycles. The highest BCUT2D eigenvalue weighted by Crippen LogP contribution is 2.14. The highest BCUT2D eigenvalue weighted by atomic mass is 16.4. The number of likely N-dealkylation sites (tertiary alicyclic amines) is 1. The van der Waals surface area contributed by atoms with Crippen LogP contribution in [0.1, 0.15) is 54.9 Å². The molecule has 0 aliphatic carbocycles. The first-order valence-electron chi connectivity index (χ1n) is 8.89. The number of carbonyl (C=O) groups excluding carboxylic acids is 2. The summed E-state index contributed by atoms with van der Waals surface area (Å²) in [4.78, 5) is 36.8. The number of carbonyl (C=O) groups is 3. The first-order chi connectivity index (χ1) is 12.0. The number of carboxylic acids is 1. The van der Waals surface area contributed by atoms with Crippen LogP contribution >= 0.6 is 0 Å². The molecule has 6 nitrogen and oxygen atoms in total. The third-order valence-electron chi connectivity index (χ3n) is 4.44. The molecule has 2 N–H and O–H groups in total. The number of hydrogen-bond donors (Lipinski definition) is 2. The molecule has 1 heterocycles. The van der Waals surface area contributed by atoms with E-state index in [1.54, 1.807) is 24.3 Å². The minimum absolute atomic E-state index is 0.0478. The number of benzene rings is 1. The van der Waals surface area contributed by atoms with Gasteiger partial charge in [0.25, 0.3) is 0 Å². The smallest absolute Gasteiger partial charge is 0.335 e. The molecule has 0 saturated carbocycles. The largest absolute Gasteiger partial charge is 0.478 e. The SMILES string of the molecule is CCCC(=O)NC1CCCN(C(=O)CCc2ccc(C(=O)O)cc2)C1. The van der Waals surface area contributed by atoms with Crippen LogP contribution in [0.2, 0.25) is 0 Å². The van der Waals surface area contributed by atoms with Crippen LogP contribution in [0.4, 0.5) is 0 Å². The van der Waals surface area contributed by atoms with Crippen LogP contribution in [-0.4, -0.2) is 46.9 Å². The second-order valence-electron chi connectivity index (χ2n) is 6.50. The number of nitrogens with zero attached hydrogens (tertiary/aromatic N) is 1. The number of rotatable bonds is 7. The summed E-state index contributed by atoms with van der Waals surface area (Å²) in [6.07, 6.45) is 4.13. The van der Waals surface area contributed by atoms with Gasteiger partial charge in [0, 0.05) is 32.0 Å². The zero-order valence-corrected chi connectivity index (χ0v) is 14.7. The number of aryl methyl sites for hydroxylation is 1. The van der Waals surface area contributed by atoms with Gasteiger partial charge in [0.05, 0.1) is 5.56 Å². The van der Waals surface area contributed by atoms with E-state index in [1.165, 1.54) is 0 Å². The molecule has 1 aliphatic rings. The van der Waals surface area contributed by atoms with Gasteiger partial charge in [0.1, 0.15) is 0 Å². The Hall–Kier alpha value is -2.37. The lowest BCUT2D eigenvalue weighted by molar-refractivity contribution is -0.133. The van der Waals surface area contributed by atoms with Crippen LogP contribution in [0.15, 0.2) is 24.3 Å². The number of aromatic carboxylic acids is 1. The third kappa shape index (κ3) is 5.89. The summed E-state index contributed by atoms with van der Waals surface area (Å²) in [5.74, 6) is -0.816. The Kier molecular flexibility index (Phi) is 6.98. The molecule has 2 amide bonds. The molecule has 1 unspecified atom stereocenters. The number of piperidine rings is 1. The summed E-state index contributed by atoms with van der Waals surface area (Å²) in [6, 6.07) is 6.66. The van der Waals surface area contributed by atoms with E-state index in [0.717, 1.165) is 31.4 Å². The topological polar surface area (TPSA) is 86.7 Å². The van der Waals surface area contributed by atoms with Gasteiger partial charge in [-0.1, -0.05) is 19.1 Å². The van der Waals surface area contributed by atoms with Crippen LogP contribution in [0.25, 0.3) is 0 Å². The summed E-state index contributed by atoms with van der Waals surface area (Å²) in [7, 11) is 0. The highest BCUT2D eigenvalue weighted by Gasteiger charge is 2.24. The molecule has 1 atom stereocenters. The van der Waals surface area contributed by atoms with Crippen molar-refractivity contribution >= 4 is 17.8 Å². The van der Waals surface area contributed by atoms with Crippen molar-refractivity contribution in [3.8, 4) is 0 Å². The normalized spacial score (nSPS) is 17.2. The van der Waals surface area contributed by atoms with Gasteiger partial charge in [-0.15, -0.1) is 0 Å². The molecule has 0 radical (unpaired) electrons. The maximum atomic E-state index is 12.4. The Morgan fingerprint density at radius 1 is 1.20 bits per heavy atom. The Morgan fingerprint density at radius 3 is 2.56 bits per heavy atom. The van der Waals surface area contributed by atoms with Crippen molar-refractivity contribution < 1.29 is 19.5 Å². The highest BCUT2D eigenvalue weighted by molar-refractivity contribution is 5.87.